The third-order valence-corrected chi connectivity index (χ3v) is 4.16. The van der Waals surface area contributed by atoms with Crippen LogP contribution >= 0.6 is 0 Å². The zero-order valence-corrected chi connectivity index (χ0v) is 13.4. The van der Waals surface area contributed by atoms with Gasteiger partial charge in [-0.3, -0.25) is 9.78 Å². The van der Waals surface area contributed by atoms with E-state index in [4.69, 9.17) is 5.73 Å². The van der Waals surface area contributed by atoms with Crippen molar-refractivity contribution in [1.29, 1.82) is 0 Å². The van der Waals surface area contributed by atoms with Crippen molar-refractivity contribution in [2.24, 2.45) is 5.73 Å². The van der Waals surface area contributed by atoms with Gasteiger partial charge in [0.05, 0.1) is 16.8 Å². The number of pyridine rings is 2. The SMILES string of the molecule is NC(=O)c1cc(-c2ccc(-c3cccnc3)cc2)nc2ccccc12. The van der Waals surface area contributed by atoms with Crippen LogP contribution in [0.2, 0.25) is 0 Å². The van der Waals surface area contributed by atoms with Gasteiger partial charge in [-0.05, 0) is 29.3 Å². The normalized spacial score (nSPS) is 10.7. The summed E-state index contributed by atoms with van der Waals surface area (Å²) in [7, 11) is 0. The molecule has 2 N–H and O–H groups in total. The van der Waals surface area contributed by atoms with Crippen molar-refractivity contribution in [3.8, 4) is 22.4 Å². The van der Waals surface area contributed by atoms with Crippen LogP contribution in [0.1, 0.15) is 10.4 Å². The summed E-state index contributed by atoms with van der Waals surface area (Å²) in [6.45, 7) is 0. The fourth-order valence-corrected chi connectivity index (χ4v) is 2.89. The highest BCUT2D eigenvalue weighted by Crippen LogP contribution is 2.27. The number of carbonyl (C=O) groups is 1. The summed E-state index contributed by atoms with van der Waals surface area (Å²) in [4.78, 5) is 20.6. The molecule has 0 unspecified atom stereocenters. The van der Waals surface area contributed by atoms with Crippen molar-refractivity contribution in [2.45, 2.75) is 0 Å². The molecule has 0 saturated carbocycles. The Morgan fingerprint density at radius 1 is 0.840 bits per heavy atom. The van der Waals surface area contributed by atoms with E-state index in [9.17, 15) is 4.79 Å². The Hall–Kier alpha value is -3.53. The van der Waals surface area contributed by atoms with Crippen LogP contribution in [-0.2, 0) is 0 Å². The van der Waals surface area contributed by atoms with Crippen molar-refractivity contribution in [2.75, 3.05) is 0 Å². The van der Waals surface area contributed by atoms with Gasteiger partial charge in [0.15, 0.2) is 0 Å². The van der Waals surface area contributed by atoms with Crippen LogP contribution in [0.3, 0.4) is 0 Å². The van der Waals surface area contributed by atoms with Crippen molar-refractivity contribution in [3.63, 3.8) is 0 Å². The minimum Gasteiger partial charge on any atom is -0.366 e. The van der Waals surface area contributed by atoms with Crippen molar-refractivity contribution in [1.82, 2.24) is 9.97 Å². The molecule has 0 spiro atoms. The molecule has 4 rings (SSSR count). The first-order valence-corrected chi connectivity index (χ1v) is 7.93. The lowest BCUT2D eigenvalue weighted by atomic mass is 10.0. The second kappa shape index (κ2) is 6.17. The quantitative estimate of drug-likeness (QED) is 0.617. The zero-order chi connectivity index (χ0) is 17.2. The van der Waals surface area contributed by atoms with Gasteiger partial charge in [0.25, 0.3) is 0 Å². The van der Waals surface area contributed by atoms with Crippen LogP contribution in [-0.4, -0.2) is 15.9 Å². The molecule has 120 valence electrons. The molecular weight excluding hydrogens is 310 g/mol. The van der Waals surface area contributed by atoms with E-state index in [1.807, 2.05) is 66.9 Å². The Labute approximate surface area is 145 Å². The number of para-hydroxylation sites is 1. The van der Waals surface area contributed by atoms with E-state index < -0.39 is 5.91 Å². The Morgan fingerprint density at radius 3 is 2.32 bits per heavy atom. The molecule has 0 aliphatic carbocycles. The number of hydrogen-bond acceptors (Lipinski definition) is 3. The molecule has 4 aromatic rings. The topological polar surface area (TPSA) is 68.9 Å². The molecule has 2 aromatic heterocycles. The molecule has 0 fully saturated rings. The molecule has 0 aliphatic heterocycles. The number of benzene rings is 2. The lowest BCUT2D eigenvalue weighted by Gasteiger charge is -2.08. The minimum atomic E-state index is -0.452. The summed E-state index contributed by atoms with van der Waals surface area (Å²) < 4.78 is 0. The fourth-order valence-electron chi connectivity index (χ4n) is 2.89. The van der Waals surface area contributed by atoms with Crippen molar-refractivity contribution >= 4 is 16.8 Å². The average Bonchev–Trinajstić information content (AvgIpc) is 2.68. The first kappa shape index (κ1) is 15.0. The monoisotopic (exact) mass is 325 g/mol. The van der Waals surface area contributed by atoms with Crippen LogP contribution in [0.4, 0.5) is 0 Å². The van der Waals surface area contributed by atoms with Gasteiger partial charge in [0, 0.05) is 23.3 Å². The highest BCUT2D eigenvalue weighted by Gasteiger charge is 2.11. The predicted octanol–water partition coefficient (Wildman–Crippen LogP) is 4.06. The first-order chi connectivity index (χ1) is 12.2. The van der Waals surface area contributed by atoms with Gasteiger partial charge < -0.3 is 5.73 Å². The number of aromatic nitrogens is 2. The predicted molar refractivity (Wildman–Crippen MR) is 98.9 cm³/mol. The van der Waals surface area contributed by atoms with Crippen LogP contribution in [0.5, 0.6) is 0 Å². The van der Waals surface area contributed by atoms with Gasteiger partial charge in [-0.1, -0.05) is 48.5 Å². The summed E-state index contributed by atoms with van der Waals surface area (Å²) >= 11 is 0. The van der Waals surface area contributed by atoms with Gasteiger partial charge in [0.2, 0.25) is 5.91 Å². The number of nitrogens with zero attached hydrogens (tertiary/aromatic N) is 2. The molecule has 0 aliphatic rings. The number of primary amides is 1. The third-order valence-electron chi connectivity index (χ3n) is 4.16. The molecule has 2 heterocycles. The van der Waals surface area contributed by atoms with Gasteiger partial charge in [-0.25, -0.2) is 4.98 Å². The highest BCUT2D eigenvalue weighted by molar-refractivity contribution is 6.06. The Kier molecular flexibility index (Phi) is 3.71. The molecule has 0 radical (unpaired) electrons. The minimum absolute atomic E-state index is 0.452. The molecule has 4 heteroatoms. The van der Waals surface area contributed by atoms with Crippen LogP contribution in [0, 0.1) is 0 Å². The smallest absolute Gasteiger partial charge is 0.249 e. The number of fused-ring (bicyclic) bond motifs is 1. The number of rotatable bonds is 3. The second-order valence-corrected chi connectivity index (χ2v) is 5.76. The van der Waals surface area contributed by atoms with E-state index in [-0.39, 0.29) is 0 Å². The highest BCUT2D eigenvalue weighted by atomic mass is 16.1. The maximum Gasteiger partial charge on any atom is 0.249 e. The zero-order valence-electron chi connectivity index (χ0n) is 13.4. The lowest BCUT2D eigenvalue weighted by Crippen LogP contribution is -2.12. The molecular formula is C21H15N3O. The molecule has 4 nitrogen and oxygen atoms in total. The van der Waals surface area contributed by atoms with E-state index >= 15 is 0 Å². The maximum absolute atomic E-state index is 11.8. The van der Waals surface area contributed by atoms with Gasteiger partial charge in [0.1, 0.15) is 0 Å². The molecule has 0 bridgehead atoms. The van der Waals surface area contributed by atoms with E-state index in [0.29, 0.717) is 5.56 Å². The maximum atomic E-state index is 11.8. The van der Waals surface area contributed by atoms with Crippen molar-refractivity contribution < 1.29 is 4.79 Å². The van der Waals surface area contributed by atoms with Crippen LogP contribution in [0.15, 0.2) is 79.1 Å². The van der Waals surface area contributed by atoms with E-state index in [1.165, 1.54) is 0 Å². The molecule has 1 amide bonds. The standard InChI is InChI=1S/C21H15N3O/c22-21(25)18-12-20(24-19-6-2-1-5-17(18)19)15-9-7-14(8-10-15)16-4-3-11-23-13-16/h1-13H,(H2,22,25). The molecule has 2 aromatic carbocycles. The number of amides is 1. The molecule has 0 saturated heterocycles. The Bertz CT molecular complexity index is 1060. The second-order valence-electron chi connectivity index (χ2n) is 5.76. The largest absolute Gasteiger partial charge is 0.366 e. The average molecular weight is 325 g/mol. The Morgan fingerprint density at radius 2 is 1.60 bits per heavy atom. The number of nitrogens with two attached hydrogens (primary N) is 1. The van der Waals surface area contributed by atoms with E-state index in [0.717, 1.165) is 33.3 Å². The molecule has 0 atom stereocenters. The third kappa shape index (κ3) is 2.85. The fraction of sp³-hybridized carbons (Fsp3) is 0. The van der Waals surface area contributed by atoms with Gasteiger partial charge >= 0.3 is 0 Å². The summed E-state index contributed by atoms with van der Waals surface area (Å²) in [5.74, 6) is -0.452. The number of hydrogen-bond donors (Lipinski definition) is 1. The summed E-state index contributed by atoms with van der Waals surface area (Å²) in [5, 5.41) is 0.769. The van der Waals surface area contributed by atoms with E-state index in [2.05, 4.69) is 9.97 Å². The molecule has 25 heavy (non-hydrogen) atoms. The number of carbonyl (C=O) groups excluding carboxylic acids is 1. The van der Waals surface area contributed by atoms with Gasteiger partial charge in [-0.2, -0.15) is 0 Å². The van der Waals surface area contributed by atoms with E-state index in [1.54, 1.807) is 12.3 Å². The van der Waals surface area contributed by atoms with Gasteiger partial charge in [-0.15, -0.1) is 0 Å². The summed E-state index contributed by atoms with van der Waals surface area (Å²) in [6.07, 6.45) is 3.58. The van der Waals surface area contributed by atoms with Crippen LogP contribution < -0.4 is 5.73 Å². The first-order valence-electron chi connectivity index (χ1n) is 7.93. The summed E-state index contributed by atoms with van der Waals surface area (Å²) in [6, 6.07) is 21.2. The van der Waals surface area contributed by atoms with Crippen LogP contribution in [0.25, 0.3) is 33.3 Å². The Balaban J connectivity index is 1.81. The summed E-state index contributed by atoms with van der Waals surface area (Å²) in [5.41, 5.74) is 10.6. The lowest BCUT2D eigenvalue weighted by molar-refractivity contribution is 0.100. The van der Waals surface area contributed by atoms with Crippen molar-refractivity contribution in [3.05, 3.63) is 84.7 Å².